The van der Waals surface area contributed by atoms with Gasteiger partial charge in [0.15, 0.2) is 0 Å². The molecular weight excluding hydrogens is 412 g/mol. The standard InChI is InChI=1S/C21H23ClN2O4S/c1-24(29(26,27)17-8-6-15(22)7-9-17)16-10-12-21(13-11-16)14-23-20(25)18-4-2-3-5-19(18)28-21/h2-9,16H,10-14H2,1H3,(H,23,25). The van der Waals surface area contributed by atoms with E-state index >= 15 is 0 Å². The van der Waals surface area contributed by atoms with Crippen molar-refractivity contribution in [2.45, 2.75) is 42.2 Å². The molecule has 0 atom stereocenters. The van der Waals surface area contributed by atoms with E-state index in [1.807, 2.05) is 18.2 Å². The van der Waals surface area contributed by atoms with Crippen LogP contribution in [0.2, 0.25) is 5.02 Å². The van der Waals surface area contributed by atoms with Crippen LogP contribution in [0.5, 0.6) is 5.75 Å². The summed E-state index contributed by atoms with van der Waals surface area (Å²) in [5.74, 6) is 0.449. The summed E-state index contributed by atoms with van der Waals surface area (Å²) in [6.45, 7) is 0.418. The average Bonchev–Trinajstić information content (AvgIpc) is 2.85. The summed E-state index contributed by atoms with van der Waals surface area (Å²) in [6.07, 6.45) is 2.63. The van der Waals surface area contributed by atoms with Gasteiger partial charge in [-0.2, -0.15) is 4.31 Å². The number of fused-ring (bicyclic) bond motifs is 1. The Labute approximate surface area is 175 Å². The fraction of sp³-hybridized carbons (Fsp3) is 0.381. The van der Waals surface area contributed by atoms with Gasteiger partial charge < -0.3 is 10.1 Å². The Morgan fingerprint density at radius 1 is 1.10 bits per heavy atom. The molecule has 0 radical (unpaired) electrons. The number of hydrogen-bond acceptors (Lipinski definition) is 4. The summed E-state index contributed by atoms with van der Waals surface area (Å²) in [5, 5.41) is 3.46. The topological polar surface area (TPSA) is 75.7 Å². The van der Waals surface area contributed by atoms with E-state index in [0.717, 1.165) is 0 Å². The summed E-state index contributed by atoms with van der Waals surface area (Å²) >= 11 is 5.88. The molecule has 0 bridgehead atoms. The van der Waals surface area contributed by atoms with Crippen LogP contribution in [-0.4, -0.2) is 43.9 Å². The average molecular weight is 435 g/mol. The van der Waals surface area contributed by atoms with E-state index in [0.29, 0.717) is 48.6 Å². The van der Waals surface area contributed by atoms with Crippen molar-refractivity contribution in [1.82, 2.24) is 9.62 Å². The highest BCUT2D eigenvalue weighted by atomic mass is 35.5. The van der Waals surface area contributed by atoms with E-state index in [-0.39, 0.29) is 16.8 Å². The smallest absolute Gasteiger partial charge is 0.255 e. The normalized spacial score (nSPS) is 24.5. The first-order chi connectivity index (χ1) is 13.8. The van der Waals surface area contributed by atoms with E-state index in [9.17, 15) is 13.2 Å². The zero-order chi connectivity index (χ0) is 20.6. The third kappa shape index (κ3) is 3.86. The lowest BCUT2D eigenvalue weighted by atomic mass is 9.82. The Bertz CT molecular complexity index is 1020. The second-order valence-electron chi connectivity index (χ2n) is 7.67. The summed E-state index contributed by atoms with van der Waals surface area (Å²) in [5.41, 5.74) is 0.0258. The minimum absolute atomic E-state index is 0.126. The van der Waals surface area contributed by atoms with Crippen LogP contribution in [0.1, 0.15) is 36.0 Å². The molecule has 2 aromatic carbocycles. The largest absolute Gasteiger partial charge is 0.485 e. The monoisotopic (exact) mass is 434 g/mol. The van der Waals surface area contributed by atoms with E-state index < -0.39 is 15.6 Å². The van der Waals surface area contributed by atoms with Gasteiger partial charge in [0.2, 0.25) is 10.0 Å². The summed E-state index contributed by atoms with van der Waals surface area (Å²) in [7, 11) is -1.98. The van der Waals surface area contributed by atoms with Crippen molar-refractivity contribution < 1.29 is 17.9 Å². The molecule has 6 nitrogen and oxygen atoms in total. The van der Waals surface area contributed by atoms with Gasteiger partial charge in [0.25, 0.3) is 5.91 Å². The number of halogens is 1. The van der Waals surface area contributed by atoms with Crippen LogP contribution in [0, 0.1) is 0 Å². The molecule has 1 amide bonds. The lowest BCUT2D eigenvalue weighted by Crippen LogP contribution is -2.51. The number of sulfonamides is 1. The first kappa shape index (κ1) is 20.2. The van der Waals surface area contributed by atoms with E-state index in [2.05, 4.69) is 5.32 Å². The van der Waals surface area contributed by atoms with Crippen LogP contribution in [0.15, 0.2) is 53.4 Å². The van der Waals surface area contributed by atoms with E-state index in [1.165, 1.54) is 16.4 Å². The van der Waals surface area contributed by atoms with Gasteiger partial charge in [-0.1, -0.05) is 23.7 Å². The highest BCUT2D eigenvalue weighted by Crippen LogP contribution is 2.38. The van der Waals surface area contributed by atoms with Crippen molar-refractivity contribution >= 4 is 27.5 Å². The number of amides is 1. The minimum Gasteiger partial charge on any atom is -0.485 e. The molecule has 1 N–H and O–H groups in total. The van der Waals surface area contributed by atoms with E-state index in [1.54, 1.807) is 25.2 Å². The van der Waals surface area contributed by atoms with Crippen molar-refractivity contribution in [3.8, 4) is 5.75 Å². The third-order valence-corrected chi connectivity index (χ3v) is 8.08. The maximum atomic E-state index is 13.0. The molecule has 1 aliphatic carbocycles. The number of nitrogens with one attached hydrogen (secondary N) is 1. The van der Waals surface area contributed by atoms with Crippen molar-refractivity contribution in [2.24, 2.45) is 0 Å². The Kier molecular flexibility index (Phi) is 5.31. The molecule has 1 aliphatic heterocycles. The number of hydrogen-bond donors (Lipinski definition) is 1. The highest BCUT2D eigenvalue weighted by molar-refractivity contribution is 7.89. The van der Waals surface area contributed by atoms with Crippen LogP contribution in [0.3, 0.4) is 0 Å². The molecule has 1 fully saturated rings. The zero-order valence-electron chi connectivity index (χ0n) is 16.1. The summed E-state index contributed by atoms with van der Waals surface area (Å²) < 4.78 is 33.7. The Morgan fingerprint density at radius 2 is 1.76 bits per heavy atom. The van der Waals surface area contributed by atoms with Crippen LogP contribution in [0.4, 0.5) is 0 Å². The molecule has 8 heteroatoms. The molecule has 1 heterocycles. The summed E-state index contributed by atoms with van der Waals surface area (Å²) in [4.78, 5) is 12.6. The third-order valence-electron chi connectivity index (χ3n) is 5.90. The number of ether oxygens (including phenoxy) is 1. The minimum atomic E-state index is -3.60. The van der Waals surface area contributed by atoms with Crippen molar-refractivity contribution in [3.63, 3.8) is 0 Å². The molecule has 0 unspecified atom stereocenters. The number of benzene rings is 2. The zero-order valence-corrected chi connectivity index (χ0v) is 17.7. The first-order valence-electron chi connectivity index (χ1n) is 9.61. The van der Waals surface area contributed by atoms with Gasteiger partial charge >= 0.3 is 0 Å². The lowest BCUT2D eigenvalue weighted by molar-refractivity contribution is 0.0196. The molecule has 4 rings (SSSR count). The van der Waals surface area contributed by atoms with Crippen molar-refractivity contribution in [2.75, 3.05) is 13.6 Å². The molecule has 154 valence electrons. The fourth-order valence-corrected chi connectivity index (χ4v) is 5.63. The Hall–Kier alpha value is -2.09. The molecule has 2 aliphatic rings. The van der Waals surface area contributed by atoms with Crippen molar-refractivity contribution in [1.29, 1.82) is 0 Å². The lowest BCUT2D eigenvalue weighted by Gasteiger charge is -2.41. The molecule has 29 heavy (non-hydrogen) atoms. The Morgan fingerprint density at radius 3 is 2.45 bits per heavy atom. The van der Waals surface area contributed by atoms with Crippen LogP contribution in [0.25, 0.3) is 0 Å². The van der Waals surface area contributed by atoms with Crippen LogP contribution in [-0.2, 0) is 10.0 Å². The van der Waals surface area contributed by atoms with Gasteiger partial charge in [-0.05, 0) is 62.1 Å². The number of carbonyl (C=O) groups excluding carboxylic acids is 1. The number of nitrogens with zero attached hydrogens (tertiary/aromatic N) is 1. The van der Waals surface area contributed by atoms with Gasteiger partial charge in [0.1, 0.15) is 11.4 Å². The highest BCUT2D eigenvalue weighted by Gasteiger charge is 2.42. The SMILES string of the molecule is CN(C1CCC2(CC1)CNC(=O)c1ccccc1O2)S(=O)(=O)c1ccc(Cl)cc1. The molecule has 1 spiro atoms. The first-order valence-corrected chi connectivity index (χ1v) is 11.4. The molecule has 2 aromatic rings. The van der Waals surface area contributed by atoms with Gasteiger partial charge in [-0.25, -0.2) is 8.42 Å². The van der Waals surface area contributed by atoms with E-state index in [4.69, 9.17) is 16.3 Å². The number of para-hydroxylation sites is 1. The Balaban J connectivity index is 1.49. The van der Waals surface area contributed by atoms with Gasteiger partial charge in [-0.15, -0.1) is 0 Å². The predicted octanol–water partition coefficient (Wildman–Crippen LogP) is 3.46. The molecule has 1 saturated carbocycles. The second-order valence-corrected chi connectivity index (χ2v) is 10.1. The fourth-order valence-electron chi connectivity index (χ4n) is 4.09. The van der Waals surface area contributed by atoms with Crippen LogP contribution >= 0.6 is 11.6 Å². The molecule has 0 saturated heterocycles. The number of carbonyl (C=O) groups is 1. The summed E-state index contributed by atoms with van der Waals surface area (Å²) in [6, 6.07) is 13.3. The molecule has 0 aromatic heterocycles. The van der Waals surface area contributed by atoms with Crippen molar-refractivity contribution in [3.05, 3.63) is 59.1 Å². The van der Waals surface area contributed by atoms with Gasteiger partial charge in [0, 0.05) is 18.1 Å². The second kappa shape index (κ2) is 7.63. The predicted molar refractivity (Wildman–Crippen MR) is 111 cm³/mol. The van der Waals surface area contributed by atoms with Gasteiger partial charge in [-0.3, -0.25) is 4.79 Å². The number of rotatable bonds is 3. The quantitative estimate of drug-likeness (QED) is 0.802. The maximum Gasteiger partial charge on any atom is 0.255 e. The van der Waals surface area contributed by atoms with Crippen LogP contribution < -0.4 is 10.1 Å². The van der Waals surface area contributed by atoms with Gasteiger partial charge in [0.05, 0.1) is 17.0 Å². The maximum absolute atomic E-state index is 13.0. The molecular formula is C21H23ClN2O4S.